The van der Waals surface area contributed by atoms with Crippen LogP contribution < -0.4 is 0 Å². The van der Waals surface area contributed by atoms with E-state index in [2.05, 4.69) is 53.6 Å². The van der Waals surface area contributed by atoms with Gasteiger partial charge in [-0.05, 0) is 136 Å². The van der Waals surface area contributed by atoms with Crippen molar-refractivity contribution in [3.63, 3.8) is 0 Å². The Morgan fingerprint density at radius 2 is 0.657 bits per heavy atom. The van der Waals surface area contributed by atoms with E-state index in [1.54, 1.807) is 0 Å². The van der Waals surface area contributed by atoms with Crippen LogP contribution >= 0.6 is 0 Å². The minimum absolute atomic E-state index is 0.00527. The van der Waals surface area contributed by atoms with Gasteiger partial charge in [-0.15, -0.1) is 0 Å². The smallest absolute Gasteiger partial charge is 0.410 e. The summed E-state index contributed by atoms with van der Waals surface area (Å²) in [5, 5.41) is 0. The number of hydrogen-bond donors (Lipinski definition) is 0. The van der Waals surface area contributed by atoms with Crippen LogP contribution in [0.15, 0.2) is 0 Å². The molecule has 0 spiro atoms. The second-order valence-corrected chi connectivity index (χ2v) is 21.5. The van der Waals surface area contributed by atoms with Crippen LogP contribution in [0.4, 0.5) is 4.79 Å². The summed E-state index contributed by atoms with van der Waals surface area (Å²) in [4.78, 5) is 43.7. The fourth-order valence-corrected chi connectivity index (χ4v) is 9.54. The number of carbonyl (C=O) groups is 3. The first-order chi connectivity index (χ1) is 34.2. The maximum absolute atomic E-state index is 13.9. The van der Waals surface area contributed by atoms with Crippen molar-refractivity contribution in [3.8, 4) is 0 Å². The van der Waals surface area contributed by atoms with Gasteiger partial charge >= 0.3 is 18.0 Å². The van der Waals surface area contributed by atoms with Gasteiger partial charge in [-0.3, -0.25) is 9.59 Å². The number of carbonyl (C=O) groups excluding carboxylic acids is 3. The maximum atomic E-state index is 13.9. The highest BCUT2D eigenvalue weighted by Crippen LogP contribution is 2.22. The van der Waals surface area contributed by atoms with E-state index in [1.165, 1.54) is 89.9 Å². The van der Waals surface area contributed by atoms with E-state index in [0.29, 0.717) is 12.8 Å². The van der Waals surface area contributed by atoms with Crippen molar-refractivity contribution < 1.29 is 33.3 Å². The minimum Gasteiger partial charge on any atom is -0.462 e. The zero-order chi connectivity index (χ0) is 51.4. The Kier molecular flexibility index (Phi) is 52.0. The molecule has 0 aliphatic heterocycles. The number of amides is 1. The fourth-order valence-electron chi connectivity index (χ4n) is 9.54. The molecular formula is C61H120N2O7. The van der Waals surface area contributed by atoms with Crippen molar-refractivity contribution in [2.75, 3.05) is 46.9 Å². The molecule has 0 saturated heterocycles. The molecule has 0 aromatic carbocycles. The Hall–Kier alpha value is -1.87. The second-order valence-electron chi connectivity index (χ2n) is 21.5. The number of rotatable bonds is 55. The van der Waals surface area contributed by atoms with Crippen molar-refractivity contribution in [3.05, 3.63) is 0 Å². The molecule has 0 aromatic heterocycles. The molecule has 0 heterocycles. The lowest BCUT2D eigenvalue weighted by Gasteiger charge is -2.26. The van der Waals surface area contributed by atoms with Gasteiger partial charge in [-0.1, -0.05) is 182 Å². The van der Waals surface area contributed by atoms with Crippen molar-refractivity contribution in [1.82, 2.24) is 9.80 Å². The Morgan fingerprint density at radius 3 is 1.04 bits per heavy atom. The molecule has 1 amide bonds. The lowest BCUT2D eigenvalue weighted by atomic mass is 10.0. The van der Waals surface area contributed by atoms with Gasteiger partial charge in [0.2, 0.25) is 0 Å². The summed E-state index contributed by atoms with van der Waals surface area (Å²) in [5.74, 6) is -0.0105. The summed E-state index contributed by atoms with van der Waals surface area (Å²) in [6.07, 6.45) is 46.8. The SMILES string of the molecule is CCCCCCC(CCCCCC)OC(=O)CCCCCCCCC(CCCCCCCCC(=O)OC(CCCCCC)CCCCCC)OC(=O)N(CCCCCCCOCCC)CCCN(C)C. The number of nitrogens with zero attached hydrogens (tertiary/aromatic N) is 2. The molecule has 0 unspecified atom stereocenters. The highest BCUT2D eigenvalue weighted by Gasteiger charge is 2.21. The molecule has 0 saturated carbocycles. The molecule has 0 radical (unpaired) electrons. The average molecular weight is 994 g/mol. The standard InChI is InChI=1S/C61H120N2O7/c1-8-13-17-32-43-56(44-33-18-14-9-2)68-59(64)49-38-28-23-21-26-36-47-58(70-61(66)63(53-42-51-62(6)7)52-40-30-25-31-41-55-67-54-12-5)48-37-27-22-24-29-39-50-60(65)69-57(45-34-19-15-10-3)46-35-20-16-11-4/h56-58H,8-55H2,1-7H3. The molecule has 0 fully saturated rings. The number of hydrogen-bond acceptors (Lipinski definition) is 8. The van der Waals surface area contributed by atoms with Crippen molar-refractivity contribution >= 4 is 18.0 Å². The molecule has 0 atom stereocenters. The normalized spacial score (nSPS) is 11.7. The van der Waals surface area contributed by atoms with Gasteiger partial charge in [0.05, 0.1) is 0 Å². The molecule has 0 N–H and O–H groups in total. The topological polar surface area (TPSA) is 94.6 Å². The molecule has 9 nitrogen and oxygen atoms in total. The number of ether oxygens (including phenoxy) is 4. The lowest BCUT2D eigenvalue weighted by molar-refractivity contribution is -0.151. The van der Waals surface area contributed by atoms with E-state index < -0.39 is 0 Å². The van der Waals surface area contributed by atoms with Crippen LogP contribution in [0.3, 0.4) is 0 Å². The average Bonchev–Trinajstić information content (AvgIpc) is 3.34. The van der Waals surface area contributed by atoms with Crippen LogP contribution in [0, 0.1) is 0 Å². The van der Waals surface area contributed by atoms with E-state index in [4.69, 9.17) is 18.9 Å². The summed E-state index contributed by atoms with van der Waals surface area (Å²) < 4.78 is 24.1. The van der Waals surface area contributed by atoms with Gasteiger partial charge in [0.15, 0.2) is 0 Å². The molecule has 416 valence electrons. The molecule has 70 heavy (non-hydrogen) atoms. The van der Waals surface area contributed by atoms with Gasteiger partial charge in [-0.25, -0.2) is 4.79 Å². The highest BCUT2D eigenvalue weighted by molar-refractivity contribution is 5.70. The summed E-state index contributed by atoms with van der Waals surface area (Å²) in [6, 6.07) is 0. The predicted molar refractivity (Wildman–Crippen MR) is 298 cm³/mol. The van der Waals surface area contributed by atoms with E-state index >= 15 is 0 Å². The van der Waals surface area contributed by atoms with E-state index in [-0.39, 0.29) is 36.3 Å². The second kappa shape index (κ2) is 53.4. The lowest BCUT2D eigenvalue weighted by Crippen LogP contribution is -2.37. The Morgan fingerprint density at radius 1 is 0.329 bits per heavy atom. The van der Waals surface area contributed by atoms with Crippen LogP contribution in [-0.2, 0) is 28.5 Å². The van der Waals surface area contributed by atoms with Gasteiger partial charge in [0.1, 0.15) is 18.3 Å². The first-order valence-electron chi connectivity index (χ1n) is 30.8. The molecule has 0 rings (SSSR count). The van der Waals surface area contributed by atoms with E-state index in [0.717, 1.165) is 206 Å². The monoisotopic (exact) mass is 993 g/mol. The summed E-state index contributed by atoms with van der Waals surface area (Å²) in [5.41, 5.74) is 0. The predicted octanol–water partition coefficient (Wildman–Crippen LogP) is 18.1. The van der Waals surface area contributed by atoms with Crippen LogP contribution in [-0.4, -0.2) is 93.1 Å². The summed E-state index contributed by atoms with van der Waals surface area (Å²) in [6.45, 7) is 15.2. The van der Waals surface area contributed by atoms with Crippen molar-refractivity contribution in [1.29, 1.82) is 0 Å². The highest BCUT2D eigenvalue weighted by atomic mass is 16.6. The molecule has 0 aliphatic carbocycles. The largest absolute Gasteiger partial charge is 0.462 e. The number of esters is 2. The summed E-state index contributed by atoms with van der Waals surface area (Å²) in [7, 11) is 4.19. The van der Waals surface area contributed by atoms with E-state index in [1.807, 2.05) is 4.90 Å². The zero-order valence-electron chi connectivity index (χ0n) is 47.9. The molecule has 0 bridgehead atoms. The van der Waals surface area contributed by atoms with Gasteiger partial charge in [0.25, 0.3) is 0 Å². The minimum atomic E-state index is -0.135. The molecule has 0 aliphatic rings. The quantitative estimate of drug-likeness (QED) is 0.0338. The molecule has 9 heteroatoms. The van der Waals surface area contributed by atoms with Gasteiger partial charge in [0, 0.05) is 39.1 Å². The van der Waals surface area contributed by atoms with Gasteiger partial charge in [-0.2, -0.15) is 0 Å². The maximum Gasteiger partial charge on any atom is 0.410 e. The molecule has 0 aromatic rings. The zero-order valence-corrected chi connectivity index (χ0v) is 47.9. The number of unbranched alkanes of at least 4 members (excludes halogenated alkanes) is 26. The van der Waals surface area contributed by atoms with Crippen LogP contribution in [0.2, 0.25) is 0 Å². The van der Waals surface area contributed by atoms with Crippen LogP contribution in [0.1, 0.15) is 311 Å². The Balaban J connectivity index is 5.10. The first-order valence-corrected chi connectivity index (χ1v) is 30.8. The van der Waals surface area contributed by atoms with Gasteiger partial charge < -0.3 is 28.7 Å². The fraction of sp³-hybridized carbons (Fsp3) is 0.951. The molecular weight excluding hydrogens is 873 g/mol. The third-order valence-electron chi connectivity index (χ3n) is 14.1. The van der Waals surface area contributed by atoms with Crippen molar-refractivity contribution in [2.24, 2.45) is 0 Å². The third kappa shape index (κ3) is 47.2. The third-order valence-corrected chi connectivity index (χ3v) is 14.1. The van der Waals surface area contributed by atoms with E-state index in [9.17, 15) is 14.4 Å². The Labute approximate surface area is 435 Å². The summed E-state index contributed by atoms with van der Waals surface area (Å²) >= 11 is 0. The van der Waals surface area contributed by atoms with Crippen molar-refractivity contribution in [2.45, 2.75) is 329 Å². The van der Waals surface area contributed by atoms with Crippen LogP contribution in [0.5, 0.6) is 0 Å². The van der Waals surface area contributed by atoms with Crippen LogP contribution in [0.25, 0.3) is 0 Å². The Bertz CT molecular complexity index is 1040. The first kappa shape index (κ1) is 68.1.